The Kier molecular flexibility index (Phi) is 4.86. The van der Waals surface area contributed by atoms with Gasteiger partial charge in [0.15, 0.2) is 0 Å². The van der Waals surface area contributed by atoms with E-state index >= 15 is 0 Å². The van der Waals surface area contributed by atoms with Crippen LogP contribution in [0.4, 0.5) is 0 Å². The van der Waals surface area contributed by atoms with Gasteiger partial charge in [-0.1, -0.05) is 60.7 Å². The zero-order valence-electron chi connectivity index (χ0n) is 11.5. The lowest BCUT2D eigenvalue weighted by Gasteiger charge is -2.19. The van der Waals surface area contributed by atoms with Crippen LogP contribution in [0.2, 0.25) is 0 Å². The largest absolute Gasteiger partial charge is 0.301 e. The smallest absolute Gasteiger partial charge is 0.0701 e. The lowest BCUT2D eigenvalue weighted by Crippen LogP contribution is -2.21. The Labute approximate surface area is 137 Å². The molecule has 2 aromatic carbocycles. The zero-order chi connectivity index (χ0) is 14.5. The Morgan fingerprint density at radius 1 is 0.810 bits per heavy atom. The highest BCUT2D eigenvalue weighted by molar-refractivity contribution is 9.11. The van der Waals surface area contributed by atoms with Crippen LogP contribution in [0, 0.1) is 0 Å². The van der Waals surface area contributed by atoms with E-state index in [0.717, 1.165) is 6.54 Å². The Bertz CT molecular complexity index is 639. The molecule has 0 aliphatic rings. The minimum Gasteiger partial charge on any atom is -0.301 e. The Balaban J connectivity index is 1.83. The van der Waals surface area contributed by atoms with E-state index < -0.39 is 0 Å². The van der Waals surface area contributed by atoms with Gasteiger partial charge in [-0.15, -0.1) is 11.3 Å². The molecular weight excluding hydrogens is 342 g/mol. The van der Waals surface area contributed by atoms with Crippen LogP contribution in [0.1, 0.15) is 22.0 Å². The molecule has 0 saturated carbocycles. The van der Waals surface area contributed by atoms with Gasteiger partial charge in [-0.2, -0.15) is 0 Å². The zero-order valence-corrected chi connectivity index (χ0v) is 13.9. The monoisotopic (exact) mass is 357 g/mol. The Hall–Kier alpha value is -1.42. The van der Waals surface area contributed by atoms with Gasteiger partial charge < -0.3 is 5.32 Å². The van der Waals surface area contributed by atoms with Crippen molar-refractivity contribution < 1.29 is 0 Å². The normalized spacial score (nSPS) is 11.0. The van der Waals surface area contributed by atoms with Crippen LogP contribution in [0.25, 0.3) is 0 Å². The standard InChI is InChI=1S/C18H16BrNS/c19-17-12-11-16(21-17)13-20-18(14-7-3-1-4-8-14)15-9-5-2-6-10-15/h1-12,18,20H,13H2. The van der Waals surface area contributed by atoms with E-state index in [4.69, 9.17) is 0 Å². The second kappa shape index (κ2) is 7.03. The van der Waals surface area contributed by atoms with Crippen LogP contribution in [0.3, 0.4) is 0 Å². The van der Waals surface area contributed by atoms with Crippen LogP contribution in [0.15, 0.2) is 76.6 Å². The summed E-state index contributed by atoms with van der Waals surface area (Å²) in [4.78, 5) is 1.33. The lowest BCUT2D eigenvalue weighted by molar-refractivity contribution is 0.610. The van der Waals surface area contributed by atoms with Crippen molar-refractivity contribution in [3.63, 3.8) is 0 Å². The van der Waals surface area contributed by atoms with Gasteiger partial charge in [-0.05, 0) is 39.2 Å². The summed E-state index contributed by atoms with van der Waals surface area (Å²) >= 11 is 5.29. The second-order valence-electron chi connectivity index (χ2n) is 4.84. The molecule has 0 unspecified atom stereocenters. The molecule has 3 heteroatoms. The van der Waals surface area contributed by atoms with Crippen LogP contribution in [-0.4, -0.2) is 0 Å². The first-order chi connectivity index (χ1) is 10.3. The number of benzene rings is 2. The number of hydrogen-bond donors (Lipinski definition) is 1. The maximum Gasteiger partial charge on any atom is 0.0701 e. The summed E-state index contributed by atoms with van der Waals surface area (Å²) in [6.07, 6.45) is 0. The van der Waals surface area contributed by atoms with Crippen molar-refractivity contribution in [3.05, 3.63) is 92.6 Å². The van der Waals surface area contributed by atoms with E-state index in [0.29, 0.717) is 0 Å². The van der Waals surface area contributed by atoms with E-state index in [1.54, 1.807) is 11.3 Å². The SMILES string of the molecule is Brc1ccc(CNC(c2ccccc2)c2ccccc2)s1. The van der Waals surface area contributed by atoms with Crippen molar-refractivity contribution in [2.45, 2.75) is 12.6 Å². The molecule has 1 nitrogen and oxygen atoms in total. The molecule has 0 aliphatic carbocycles. The van der Waals surface area contributed by atoms with Crippen molar-refractivity contribution in [1.29, 1.82) is 0 Å². The van der Waals surface area contributed by atoms with Gasteiger partial charge in [0.2, 0.25) is 0 Å². The van der Waals surface area contributed by atoms with E-state index in [9.17, 15) is 0 Å². The fraction of sp³-hybridized carbons (Fsp3) is 0.111. The third kappa shape index (κ3) is 3.82. The van der Waals surface area contributed by atoms with Gasteiger partial charge in [0.1, 0.15) is 0 Å². The van der Waals surface area contributed by atoms with Crippen molar-refractivity contribution in [1.82, 2.24) is 5.32 Å². The fourth-order valence-electron chi connectivity index (χ4n) is 2.37. The van der Waals surface area contributed by atoms with Gasteiger partial charge in [0.25, 0.3) is 0 Å². The first-order valence-corrected chi connectivity index (χ1v) is 8.51. The fourth-order valence-corrected chi connectivity index (χ4v) is 3.80. The average Bonchev–Trinajstić information content (AvgIpc) is 2.95. The third-order valence-electron chi connectivity index (χ3n) is 3.38. The highest BCUT2D eigenvalue weighted by atomic mass is 79.9. The van der Waals surface area contributed by atoms with E-state index in [1.807, 2.05) is 0 Å². The van der Waals surface area contributed by atoms with Crippen molar-refractivity contribution in [2.24, 2.45) is 0 Å². The summed E-state index contributed by atoms with van der Waals surface area (Å²) in [6.45, 7) is 0.866. The van der Waals surface area contributed by atoms with Crippen molar-refractivity contribution >= 4 is 27.3 Å². The van der Waals surface area contributed by atoms with Gasteiger partial charge in [0, 0.05) is 11.4 Å². The maximum atomic E-state index is 3.67. The number of rotatable bonds is 5. The topological polar surface area (TPSA) is 12.0 Å². The second-order valence-corrected chi connectivity index (χ2v) is 7.39. The van der Waals surface area contributed by atoms with E-state index in [-0.39, 0.29) is 6.04 Å². The maximum absolute atomic E-state index is 3.67. The minimum absolute atomic E-state index is 0.216. The quantitative estimate of drug-likeness (QED) is 0.645. The first kappa shape index (κ1) is 14.5. The van der Waals surface area contributed by atoms with Crippen LogP contribution in [-0.2, 0) is 6.54 Å². The number of hydrogen-bond acceptors (Lipinski definition) is 2. The molecule has 0 amide bonds. The average molecular weight is 358 g/mol. The molecule has 3 aromatic rings. The van der Waals surface area contributed by atoms with Gasteiger partial charge >= 0.3 is 0 Å². The summed E-state index contributed by atoms with van der Waals surface area (Å²) < 4.78 is 1.18. The highest BCUT2D eigenvalue weighted by Gasteiger charge is 2.13. The van der Waals surface area contributed by atoms with Crippen LogP contribution >= 0.6 is 27.3 Å². The molecule has 0 spiro atoms. The summed E-state index contributed by atoms with van der Waals surface area (Å²) in [5.74, 6) is 0. The molecule has 0 bridgehead atoms. The molecule has 3 rings (SSSR count). The molecule has 106 valence electrons. The third-order valence-corrected chi connectivity index (χ3v) is 5.00. The van der Waals surface area contributed by atoms with E-state index in [1.165, 1.54) is 19.8 Å². The highest BCUT2D eigenvalue weighted by Crippen LogP contribution is 2.25. The van der Waals surface area contributed by atoms with Crippen molar-refractivity contribution in [2.75, 3.05) is 0 Å². The summed E-state index contributed by atoms with van der Waals surface area (Å²) in [5, 5.41) is 3.67. The molecule has 1 N–H and O–H groups in total. The van der Waals surface area contributed by atoms with E-state index in [2.05, 4.69) is 94.0 Å². The Morgan fingerprint density at radius 2 is 1.38 bits per heavy atom. The summed E-state index contributed by atoms with van der Waals surface area (Å²) in [7, 11) is 0. The van der Waals surface area contributed by atoms with Gasteiger partial charge in [-0.3, -0.25) is 0 Å². The predicted molar refractivity (Wildman–Crippen MR) is 93.6 cm³/mol. The number of halogens is 1. The van der Waals surface area contributed by atoms with Gasteiger partial charge in [0.05, 0.1) is 9.83 Å². The summed E-state index contributed by atoms with van der Waals surface area (Å²) in [5.41, 5.74) is 2.58. The Morgan fingerprint density at radius 3 is 1.86 bits per heavy atom. The minimum atomic E-state index is 0.216. The molecule has 21 heavy (non-hydrogen) atoms. The number of nitrogens with one attached hydrogen (secondary N) is 1. The van der Waals surface area contributed by atoms with Crippen LogP contribution < -0.4 is 5.32 Å². The first-order valence-electron chi connectivity index (χ1n) is 6.90. The molecule has 0 atom stereocenters. The molecule has 0 radical (unpaired) electrons. The predicted octanol–water partition coefficient (Wildman–Crippen LogP) is 5.39. The lowest BCUT2D eigenvalue weighted by atomic mass is 9.99. The molecule has 1 aromatic heterocycles. The molecule has 0 saturated heterocycles. The number of thiophene rings is 1. The summed E-state index contributed by atoms with van der Waals surface area (Å²) in [6, 6.07) is 25.7. The van der Waals surface area contributed by atoms with Gasteiger partial charge in [-0.25, -0.2) is 0 Å². The molecule has 0 aliphatic heterocycles. The molecular formula is C18H16BrNS. The molecule has 1 heterocycles. The van der Waals surface area contributed by atoms with Crippen LogP contribution in [0.5, 0.6) is 0 Å². The van der Waals surface area contributed by atoms with Crippen molar-refractivity contribution in [3.8, 4) is 0 Å². The molecule has 0 fully saturated rings.